The number of rotatable bonds is 3. The zero-order valence-corrected chi connectivity index (χ0v) is 11.7. The van der Waals surface area contributed by atoms with E-state index in [0.29, 0.717) is 19.3 Å². The van der Waals surface area contributed by atoms with Crippen LogP contribution in [0.5, 0.6) is 11.5 Å². The van der Waals surface area contributed by atoms with Crippen molar-refractivity contribution < 1.29 is 9.47 Å². The van der Waals surface area contributed by atoms with Crippen molar-refractivity contribution in [2.75, 3.05) is 36.5 Å². The first kappa shape index (κ1) is 12.5. The molecule has 1 N–H and O–H groups in total. The summed E-state index contributed by atoms with van der Waals surface area (Å²) in [6.07, 6.45) is 2.31. The Morgan fingerprint density at radius 3 is 2.63 bits per heavy atom. The highest BCUT2D eigenvalue weighted by Crippen LogP contribution is 2.42. The molecule has 1 aromatic rings. The van der Waals surface area contributed by atoms with Crippen molar-refractivity contribution >= 4 is 11.4 Å². The molecule has 0 spiro atoms. The van der Waals surface area contributed by atoms with Gasteiger partial charge in [0.2, 0.25) is 0 Å². The first-order valence-corrected chi connectivity index (χ1v) is 7.27. The molecule has 0 aromatic heterocycles. The Balaban J connectivity index is 1.99. The Kier molecular flexibility index (Phi) is 3.40. The van der Waals surface area contributed by atoms with E-state index in [1.54, 1.807) is 0 Å². The zero-order chi connectivity index (χ0) is 13.2. The lowest BCUT2D eigenvalue weighted by atomic mass is 10.1. The molecule has 0 saturated carbocycles. The van der Waals surface area contributed by atoms with E-state index in [4.69, 9.17) is 9.47 Å². The normalized spacial score (nSPS) is 20.7. The number of nitrogens with one attached hydrogen (secondary N) is 1. The summed E-state index contributed by atoms with van der Waals surface area (Å²) in [4.78, 5) is 2.50. The molecule has 2 aliphatic heterocycles. The summed E-state index contributed by atoms with van der Waals surface area (Å²) in [6, 6.07) is 4.78. The molecule has 0 saturated heterocycles. The lowest BCUT2D eigenvalue weighted by Crippen LogP contribution is -2.44. The summed E-state index contributed by atoms with van der Waals surface area (Å²) in [5.41, 5.74) is 2.42. The van der Waals surface area contributed by atoms with E-state index < -0.39 is 0 Å². The molecule has 0 radical (unpaired) electrons. The van der Waals surface area contributed by atoms with Gasteiger partial charge in [-0.3, -0.25) is 0 Å². The minimum atomic E-state index is 0.565. The van der Waals surface area contributed by atoms with Crippen LogP contribution in [0.1, 0.15) is 26.7 Å². The van der Waals surface area contributed by atoms with Crippen LogP contribution in [0.2, 0.25) is 0 Å². The summed E-state index contributed by atoms with van der Waals surface area (Å²) in [5, 5.41) is 3.52. The van der Waals surface area contributed by atoms with Gasteiger partial charge in [-0.15, -0.1) is 0 Å². The third-order valence-corrected chi connectivity index (χ3v) is 3.87. The van der Waals surface area contributed by atoms with Crippen molar-refractivity contribution in [2.45, 2.75) is 32.7 Å². The van der Waals surface area contributed by atoms with Crippen LogP contribution in [0.15, 0.2) is 12.1 Å². The quantitative estimate of drug-likeness (QED) is 0.908. The van der Waals surface area contributed by atoms with Gasteiger partial charge < -0.3 is 19.7 Å². The highest BCUT2D eigenvalue weighted by molar-refractivity contribution is 5.77. The predicted octanol–water partition coefficient (Wildman–Crippen LogP) is 2.88. The van der Waals surface area contributed by atoms with Gasteiger partial charge in [0, 0.05) is 31.3 Å². The molecular weight excluding hydrogens is 240 g/mol. The van der Waals surface area contributed by atoms with Gasteiger partial charge in [0.15, 0.2) is 11.5 Å². The molecule has 1 atom stereocenters. The smallest absolute Gasteiger partial charge is 0.163 e. The van der Waals surface area contributed by atoms with Crippen molar-refractivity contribution in [1.29, 1.82) is 0 Å². The Morgan fingerprint density at radius 2 is 1.95 bits per heavy atom. The fourth-order valence-corrected chi connectivity index (χ4v) is 2.90. The van der Waals surface area contributed by atoms with Crippen LogP contribution < -0.4 is 19.7 Å². The molecule has 1 aromatic carbocycles. The van der Waals surface area contributed by atoms with Crippen molar-refractivity contribution in [3.63, 3.8) is 0 Å². The molecule has 4 nitrogen and oxygen atoms in total. The molecule has 1 unspecified atom stereocenters. The Hall–Kier alpha value is -1.58. The van der Waals surface area contributed by atoms with Crippen LogP contribution in [0.3, 0.4) is 0 Å². The van der Waals surface area contributed by atoms with E-state index in [9.17, 15) is 0 Å². The lowest BCUT2D eigenvalue weighted by molar-refractivity contribution is 0.171. The molecule has 2 aliphatic rings. The summed E-state index contributed by atoms with van der Waals surface area (Å²) >= 11 is 0. The Morgan fingerprint density at radius 1 is 1.21 bits per heavy atom. The minimum absolute atomic E-state index is 0.565. The molecule has 0 fully saturated rings. The fraction of sp³-hybridized carbons (Fsp3) is 0.600. The van der Waals surface area contributed by atoms with Crippen LogP contribution >= 0.6 is 0 Å². The lowest BCUT2D eigenvalue weighted by Gasteiger charge is -2.39. The van der Waals surface area contributed by atoms with E-state index in [2.05, 4.69) is 36.2 Å². The van der Waals surface area contributed by atoms with Crippen molar-refractivity contribution in [3.8, 4) is 11.5 Å². The summed E-state index contributed by atoms with van der Waals surface area (Å²) in [5.74, 6) is 1.74. The first-order chi connectivity index (χ1) is 9.33. The van der Waals surface area contributed by atoms with Crippen LogP contribution in [0.25, 0.3) is 0 Å². The molecule has 0 amide bonds. The van der Waals surface area contributed by atoms with Crippen LogP contribution in [-0.2, 0) is 0 Å². The van der Waals surface area contributed by atoms with E-state index in [0.717, 1.165) is 37.4 Å². The zero-order valence-electron chi connectivity index (χ0n) is 11.7. The van der Waals surface area contributed by atoms with Gasteiger partial charge in [0.1, 0.15) is 13.2 Å². The van der Waals surface area contributed by atoms with Gasteiger partial charge in [-0.2, -0.15) is 0 Å². The van der Waals surface area contributed by atoms with E-state index >= 15 is 0 Å². The van der Waals surface area contributed by atoms with Crippen LogP contribution in [-0.4, -0.2) is 32.3 Å². The largest absolute Gasteiger partial charge is 0.486 e. The van der Waals surface area contributed by atoms with Crippen LogP contribution in [0.4, 0.5) is 11.4 Å². The number of hydrogen-bond acceptors (Lipinski definition) is 4. The minimum Gasteiger partial charge on any atom is -0.486 e. The van der Waals surface area contributed by atoms with Gasteiger partial charge in [0.05, 0.1) is 11.4 Å². The highest BCUT2D eigenvalue weighted by atomic mass is 16.6. The molecule has 2 heterocycles. The van der Waals surface area contributed by atoms with Gasteiger partial charge in [0.25, 0.3) is 0 Å². The van der Waals surface area contributed by atoms with Crippen molar-refractivity contribution in [2.24, 2.45) is 0 Å². The van der Waals surface area contributed by atoms with Gasteiger partial charge in [-0.05, 0) is 12.8 Å². The fourth-order valence-electron chi connectivity index (χ4n) is 2.90. The molecule has 0 bridgehead atoms. The number of ether oxygens (including phenoxy) is 2. The summed E-state index contributed by atoms with van der Waals surface area (Å²) in [6.45, 7) is 7.85. The first-order valence-electron chi connectivity index (χ1n) is 7.27. The van der Waals surface area contributed by atoms with Crippen LogP contribution in [0, 0.1) is 0 Å². The molecular formula is C15H22N2O2. The summed E-state index contributed by atoms with van der Waals surface area (Å²) in [7, 11) is 0. The molecule has 104 valence electrons. The number of nitrogens with zero attached hydrogens (tertiary/aromatic N) is 1. The van der Waals surface area contributed by atoms with E-state index in [-0.39, 0.29) is 0 Å². The topological polar surface area (TPSA) is 33.7 Å². The van der Waals surface area contributed by atoms with E-state index in [1.165, 1.54) is 11.4 Å². The highest BCUT2D eigenvalue weighted by Gasteiger charge is 2.27. The van der Waals surface area contributed by atoms with Gasteiger partial charge >= 0.3 is 0 Å². The maximum Gasteiger partial charge on any atom is 0.163 e. The maximum absolute atomic E-state index is 5.71. The average molecular weight is 262 g/mol. The standard InChI is InChI=1S/C15H22N2O2/c1-3-5-17-11(4-2)10-16-12-8-14-15(9-13(12)17)19-7-6-18-14/h8-9,11,16H,3-7,10H2,1-2H3. The third kappa shape index (κ3) is 2.20. The summed E-state index contributed by atoms with van der Waals surface area (Å²) < 4.78 is 11.4. The molecule has 4 heteroatoms. The number of fused-ring (bicyclic) bond motifs is 2. The number of benzene rings is 1. The Labute approximate surface area is 114 Å². The van der Waals surface area contributed by atoms with Gasteiger partial charge in [-0.1, -0.05) is 13.8 Å². The molecule has 0 aliphatic carbocycles. The second-order valence-electron chi connectivity index (χ2n) is 5.15. The Bertz CT molecular complexity index is 462. The van der Waals surface area contributed by atoms with Crippen molar-refractivity contribution in [1.82, 2.24) is 0 Å². The van der Waals surface area contributed by atoms with Gasteiger partial charge in [-0.25, -0.2) is 0 Å². The SMILES string of the molecule is CCCN1c2cc3c(cc2NCC1CC)OCCO3. The second-order valence-corrected chi connectivity index (χ2v) is 5.15. The average Bonchev–Trinajstić information content (AvgIpc) is 2.46. The third-order valence-electron chi connectivity index (χ3n) is 3.87. The van der Waals surface area contributed by atoms with Crippen molar-refractivity contribution in [3.05, 3.63) is 12.1 Å². The monoisotopic (exact) mass is 262 g/mol. The molecule has 3 rings (SSSR count). The second kappa shape index (κ2) is 5.19. The molecule has 19 heavy (non-hydrogen) atoms. The van der Waals surface area contributed by atoms with E-state index in [1.807, 2.05) is 0 Å². The number of hydrogen-bond donors (Lipinski definition) is 1. The maximum atomic E-state index is 5.71. The predicted molar refractivity (Wildman–Crippen MR) is 77.6 cm³/mol. The number of anilines is 2.